The first-order valence-electron chi connectivity index (χ1n) is 10.5. The lowest BCUT2D eigenvalue weighted by molar-refractivity contribution is -0.133. The van der Waals surface area contributed by atoms with Crippen LogP contribution in [0.5, 0.6) is 0 Å². The highest BCUT2D eigenvalue weighted by molar-refractivity contribution is 6.00. The maximum atomic E-state index is 12.7. The van der Waals surface area contributed by atoms with Crippen LogP contribution in [0.4, 0.5) is 0 Å². The van der Waals surface area contributed by atoms with Gasteiger partial charge in [-0.25, -0.2) is 0 Å². The Hall–Kier alpha value is -1.22. The average Bonchev–Trinajstić information content (AvgIpc) is 3.31. The van der Waals surface area contributed by atoms with Crippen LogP contribution in [0.1, 0.15) is 66.2 Å². The van der Waals surface area contributed by atoms with Gasteiger partial charge in [0.25, 0.3) is 0 Å². The highest BCUT2D eigenvalue weighted by atomic mass is 16.6. The monoisotopic (exact) mass is 354 g/mol. The summed E-state index contributed by atoms with van der Waals surface area (Å²) in [4.78, 5) is 25.3. The molecule has 3 heteroatoms. The van der Waals surface area contributed by atoms with Gasteiger partial charge >= 0.3 is 0 Å². The van der Waals surface area contributed by atoms with Crippen LogP contribution in [-0.4, -0.2) is 23.3 Å². The van der Waals surface area contributed by atoms with E-state index >= 15 is 0 Å². The van der Waals surface area contributed by atoms with Crippen molar-refractivity contribution in [2.45, 2.75) is 77.9 Å². The van der Waals surface area contributed by atoms with E-state index in [1.807, 2.05) is 6.08 Å². The Morgan fingerprint density at radius 1 is 1.23 bits per heavy atom. The van der Waals surface area contributed by atoms with Crippen molar-refractivity contribution in [2.75, 3.05) is 0 Å². The number of ketones is 2. The molecule has 0 aromatic heterocycles. The summed E-state index contributed by atoms with van der Waals surface area (Å²) in [6.45, 7) is 8.86. The number of hydrogen-bond acceptors (Lipinski definition) is 3. The predicted molar refractivity (Wildman–Crippen MR) is 99.5 cm³/mol. The fourth-order valence-electron chi connectivity index (χ4n) is 7.80. The van der Waals surface area contributed by atoms with E-state index in [-0.39, 0.29) is 22.7 Å². The van der Waals surface area contributed by atoms with Crippen LogP contribution in [0.25, 0.3) is 0 Å². The van der Waals surface area contributed by atoms with E-state index in [4.69, 9.17) is 4.74 Å². The second-order valence-corrected chi connectivity index (χ2v) is 9.67. The molecule has 1 spiro atoms. The van der Waals surface area contributed by atoms with Crippen LogP contribution in [-0.2, 0) is 14.3 Å². The molecule has 1 aliphatic heterocycles. The SMILES string of the molecule is CC=C1C[C@H]2[C@@H]3CCC(=O)[C@@]3(C)CC[C@@H]2[C@@]2(C)C(CC)=CC(=O)C3OC132. The zero-order valence-corrected chi connectivity index (χ0v) is 16.4. The second kappa shape index (κ2) is 4.98. The van der Waals surface area contributed by atoms with Crippen molar-refractivity contribution in [3.05, 3.63) is 23.3 Å². The fraction of sp³-hybridized carbons (Fsp3) is 0.739. The number of rotatable bonds is 1. The third-order valence-electron chi connectivity index (χ3n) is 9.18. The van der Waals surface area contributed by atoms with E-state index in [0.29, 0.717) is 23.5 Å². The fourth-order valence-corrected chi connectivity index (χ4v) is 7.80. The van der Waals surface area contributed by atoms with Gasteiger partial charge < -0.3 is 4.74 Å². The quantitative estimate of drug-likeness (QED) is 0.517. The third kappa shape index (κ3) is 1.62. The van der Waals surface area contributed by atoms with E-state index in [0.717, 1.165) is 38.5 Å². The number of fused-ring (bicyclic) bond motifs is 4. The van der Waals surface area contributed by atoms with Gasteiger partial charge in [-0.2, -0.15) is 0 Å². The third-order valence-corrected chi connectivity index (χ3v) is 9.18. The molecule has 0 aromatic rings. The van der Waals surface area contributed by atoms with Gasteiger partial charge in [0.15, 0.2) is 11.9 Å². The summed E-state index contributed by atoms with van der Waals surface area (Å²) in [5.41, 5.74) is 1.99. The summed E-state index contributed by atoms with van der Waals surface area (Å²) in [6, 6.07) is 0. The molecule has 0 bridgehead atoms. The Balaban J connectivity index is 1.67. The molecular weight excluding hydrogens is 324 g/mol. The first-order chi connectivity index (χ1) is 12.3. The molecule has 26 heavy (non-hydrogen) atoms. The lowest BCUT2D eigenvalue weighted by Crippen LogP contribution is -2.59. The summed E-state index contributed by atoms with van der Waals surface area (Å²) in [7, 11) is 0. The Morgan fingerprint density at radius 3 is 2.69 bits per heavy atom. The number of carbonyl (C=O) groups is 2. The maximum absolute atomic E-state index is 12.7. The van der Waals surface area contributed by atoms with E-state index in [9.17, 15) is 9.59 Å². The number of ether oxygens (including phenoxy) is 1. The number of hydrogen-bond donors (Lipinski definition) is 0. The number of epoxide rings is 1. The predicted octanol–water partition coefficient (Wildman–Crippen LogP) is 4.41. The lowest BCUT2D eigenvalue weighted by Gasteiger charge is -2.59. The molecular formula is C23H30O3. The molecule has 3 saturated carbocycles. The molecule has 5 rings (SSSR count). The zero-order chi connectivity index (χ0) is 18.5. The molecule has 0 N–H and O–H groups in total. The molecule has 1 heterocycles. The van der Waals surface area contributed by atoms with E-state index < -0.39 is 5.60 Å². The highest BCUT2D eigenvalue weighted by Gasteiger charge is 2.78. The molecule has 0 aromatic carbocycles. The standard InChI is InChI=1S/C23H30O3/c1-5-13-12-18(24)20-23(26-20)14(6-2)11-15-16-7-8-19(25)21(16,3)10-9-17(15)22(13,23)4/h6,12,15-17,20H,5,7-11H2,1-4H3/t15-,16-,17-,20?,21-,22+,23?/m0/s1. The Bertz CT molecular complexity index is 776. The van der Waals surface area contributed by atoms with E-state index in [1.54, 1.807) is 0 Å². The number of carbonyl (C=O) groups excluding carboxylic acids is 2. The summed E-state index contributed by atoms with van der Waals surface area (Å²) >= 11 is 0. The van der Waals surface area contributed by atoms with Gasteiger partial charge in [0.2, 0.25) is 0 Å². The summed E-state index contributed by atoms with van der Waals surface area (Å²) in [5.74, 6) is 2.19. The average molecular weight is 354 g/mol. The van der Waals surface area contributed by atoms with E-state index in [1.165, 1.54) is 11.1 Å². The molecule has 2 unspecified atom stereocenters. The van der Waals surface area contributed by atoms with Crippen molar-refractivity contribution in [1.82, 2.24) is 0 Å². The molecule has 4 aliphatic carbocycles. The van der Waals surface area contributed by atoms with Crippen molar-refractivity contribution in [3.63, 3.8) is 0 Å². The van der Waals surface area contributed by atoms with Gasteiger partial charge in [-0.3, -0.25) is 9.59 Å². The van der Waals surface area contributed by atoms with Crippen LogP contribution in [0.3, 0.4) is 0 Å². The van der Waals surface area contributed by atoms with Crippen LogP contribution in [0, 0.1) is 28.6 Å². The minimum Gasteiger partial charge on any atom is -0.352 e. The molecule has 5 aliphatic rings. The van der Waals surface area contributed by atoms with Crippen molar-refractivity contribution in [1.29, 1.82) is 0 Å². The van der Waals surface area contributed by atoms with Crippen molar-refractivity contribution in [3.8, 4) is 0 Å². The molecule has 0 radical (unpaired) electrons. The van der Waals surface area contributed by atoms with Crippen LogP contribution in [0.15, 0.2) is 23.3 Å². The second-order valence-electron chi connectivity index (χ2n) is 9.67. The number of allylic oxidation sites excluding steroid dienone is 1. The minimum absolute atomic E-state index is 0.0992. The van der Waals surface area contributed by atoms with Crippen molar-refractivity contribution in [2.24, 2.45) is 28.6 Å². The zero-order valence-electron chi connectivity index (χ0n) is 16.4. The lowest BCUT2D eigenvalue weighted by atomic mass is 9.43. The first kappa shape index (κ1) is 16.9. The van der Waals surface area contributed by atoms with Gasteiger partial charge in [0.05, 0.1) is 0 Å². The molecule has 0 amide bonds. The normalized spacial score (nSPS) is 53.5. The topological polar surface area (TPSA) is 46.7 Å². The highest BCUT2D eigenvalue weighted by Crippen LogP contribution is 2.73. The largest absolute Gasteiger partial charge is 0.352 e. The molecule has 3 nitrogen and oxygen atoms in total. The Kier molecular flexibility index (Phi) is 3.24. The Morgan fingerprint density at radius 2 is 2.00 bits per heavy atom. The van der Waals surface area contributed by atoms with Gasteiger partial charge in [-0.05, 0) is 68.4 Å². The van der Waals surface area contributed by atoms with E-state index in [2.05, 4.69) is 33.8 Å². The minimum atomic E-state index is -0.392. The van der Waals surface area contributed by atoms with Gasteiger partial charge in [0, 0.05) is 17.3 Å². The maximum Gasteiger partial charge on any atom is 0.187 e. The van der Waals surface area contributed by atoms with Gasteiger partial charge in [0.1, 0.15) is 11.4 Å². The molecule has 140 valence electrons. The van der Waals surface area contributed by atoms with Crippen LogP contribution < -0.4 is 0 Å². The van der Waals surface area contributed by atoms with Gasteiger partial charge in [-0.1, -0.05) is 32.4 Å². The van der Waals surface area contributed by atoms with Crippen molar-refractivity contribution >= 4 is 11.6 Å². The van der Waals surface area contributed by atoms with Crippen LogP contribution in [0.2, 0.25) is 0 Å². The van der Waals surface area contributed by atoms with Crippen LogP contribution >= 0.6 is 0 Å². The number of Topliss-reactive ketones (excluding diaryl/α,β-unsaturated/α-hetero) is 1. The summed E-state index contributed by atoms with van der Waals surface area (Å²) < 4.78 is 6.29. The molecule has 7 atom stereocenters. The smallest absolute Gasteiger partial charge is 0.187 e. The molecule has 1 saturated heterocycles. The summed E-state index contributed by atoms with van der Waals surface area (Å²) in [6.07, 6.45) is 9.64. The summed E-state index contributed by atoms with van der Waals surface area (Å²) in [5, 5.41) is 0. The molecule has 4 fully saturated rings. The van der Waals surface area contributed by atoms with Gasteiger partial charge in [-0.15, -0.1) is 0 Å². The first-order valence-corrected chi connectivity index (χ1v) is 10.5. The Labute approximate surface area is 156 Å². The van der Waals surface area contributed by atoms with Crippen molar-refractivity contribution < 1.29 is 14.3 Å².